The van der Waals surface area contributed by atoms with Crippen LogP contribution in [0.5, 0.6) is 0 Å². The molecule has 3 rings (SSSR count). The van der Waals surface area contributed by atoms with Crippen LogP contribution in [0.2, 0.25) is 0 Å². The quantitative estimate of drug-likeness (QED) is 0.705. The van der Waals surface area contributed by atoms with Crippen molar-refractivity contribution in [2.24, 2.45) is 5.73 Å². The van der Waals surface area contributed by atoms with Crippen LogP contribution in [0.25, 0.3) is 11.3 Å². The molecule has 7 heteroatoms. The van der Waals surface area contributed by atoms with Gasteiger partial charge in [-0.25, -0.2) is 4.98 Å². The van der Waals surface area contributed by atoms with Gasteiger partial charge in [0.1, 0.15) is 11.2 Å². The molecule has 0 saturated heterocycles. The summed E-state index contributed by atoms with van der Waals surface area (Å²) in [5.74, 6) is -0.959. The molecule has 150 valence electrons. The number of aromatic nitrogens is 2. The Morgan fingerprint density at radius 2 is 1.73 bits per heavy atom. The zero-order chi connectivity index (χ0) is 21.9. The van der Waals surface area contributed by atoms with Gasteiger partial charge in [0.2, 0.25) is 0 Å². The molecule has 0 atom stereocenters. The molecule has 0 aliphatic rings. The van der Waals surface area contributed by atoms with E-state index in [-0.39, 0.29) is 11.6 Å². The minimum atomic E-state index is -1.09. The van der Waals surface area contributed by atoms with Crippen molar-refractivity contribution < 1.29 is 9.59 Å². The number of anilines is 1. The molecule has 1 heterocycles. The highest BCUT2D eigenvalue weighted by atomic mass is 16.2. The molecule has 0 radical (unpaired) electrons. The number of carbonyl (C=O) groups is 2. The zero-order valence-corrected chi connectivity index (χ0v) is 17.0. The molecule has 0 spiro atoms. The number of nitriles is 1. The van der Waals surface area contributed by atoms with Crippen LogP contribution in [0, 0.1) is 18.3 Å². The zero-order valence-electron chi connectivity index (χ0n) is 17.0. The number of rotatable bonds is 5. The molecule has 2 amide bonds. The van der Waals surface area contributed by atoms with Crippen LogP contribution in [0.3, 0.4) is 0 Å². The molecule has 0 aliphatic carbocycles. The van der Waals surface area contributed by atoms with Gasteiger partial charge in [-0.2, -0.15) is 5.26 Å². The minimum Gasteiger partial charge on any atom is -0.364 e. The third kappa shape index (κ3) is 3.89. The van der Waals surface area contributed by atoms with Crippen molar-refractivity contribution in [2.75, 3.05) is 4.90 Å². The third-order valence-corrected chi connectivity index (χ3v) is 4.71. The maximum absolute atomic E-state index is 13.3. The summed E-state index contributed by atoms with van der Waals surface area (Å²) in [6.45, 7) is 5.21. The van der Waals surface area contributed by atoms with Gasteiger partial charge in [-0.15, -0.1) is 0 Å². The number of amides is 2. The second kappa shape index (κ2) is 8.13. The van der Waals surface area contributed by atoms with Crippen LogP contribution in [-0.2, 0) is 0 Å². The average Bonchev–Trinajstić information content (AvgIpc) is 2.74. The molecule has 0 aliphatic heterocycles. The van der Waals surface area contributed by atoms with Crippen molar-refractivity contribution in [1.82, 2.24) is 9.97 Å². The van der Waals surface area contributed by atoms with Gasteiger partial charge in [0, 0.05) is 29.2 Å². The smallest absolute Gasteiger partial charge is 0.269 e. The van der Waals surface area contributed by atoms with E-state index in [4.69, 9.17) is 5.73 Å². The maximum atomic E-state index is 13.3. The Labute approximate surface area is 174 Å². The highest BCUT2D eigenvalue weighted by Crippen LogP contribution is 2.32. The second-order valence-electron chi connectivity index (χ2n) is 7.29. The van der Waals surface area contributed by atoms with E-state index in [9.17, 15) is 14.9 Å². The summed E-state index contributed by atoms with van der Waals surface area (Å²) in [4.78, 5) is 34.7. The maximum Gasteiger partial charge on any atom is 0.269 e. The van der Waals surface area contributed by atoms with E-state index in [0.717, 1.165) is 5.56 Å². The number of nitrogens with zero attached hydrogens (tertiary/aromatic N) is 4. The molecule has 0 unspecified atom stereocenters. The lowest BCUT2D eigenvalue weighted by Crippen LogP contribution is -2.47. The Bertz CT molecular complexity index is 1150. The van der Waals surface area contributed by atoms with Gasteiger partial charge in [-0.3, -0.25) is 19.5 Å². The predicted octanol–water partition coefficient (Wildman–Crippen LogP) is 3.50. The summed E-state index contributed by atoms with van der Waals surface area (Å²) >= 11 is 0. The first-order chi connectivity index (χ1) is 14.3. The SMILES string of the molecule is Cc1cc(N(C(=O)c2ccccc2)C(C)(C)C#N)ccc1-c1nccnc1C(N)=O. The molecule has 0 fully saturated rings. The normalized spacial score (nSPS) is 10.9. The van der Waals surface area contributed by atoms with E-state index in [0.29, 0.717) is 22.5 Å². The van der Waals surface area contributed by atoms with Crippen molar-refractivity contribution in [3.05, 3.63) is 77.7 Å². The number of benzene rings is 2. The molecular weight excluding hydrogens is 378 g/mol. The molecule has 1 aromatic heterocycles. The fourth-order valence-electron chi connectivity index (χ4n) is 3.22. The third-order valence-electron chi connectivity index (χ3n) is 4.71. The monoisotopic (exact) mass is 399 g/mol. The van der Waals surface area contributed by atoms with Crippen LogP contribution in [0.15, 0.2) is 60.9 Å². The largest absolute Gasteiger partial charge is 0.364 e. The Morgan fingerprint density at radius 3 is 2.33 bits per heavy atom. The van der Waals surface area contributed by atoms with Gasteiger partial charge in [0.05, 0.1) is 6.07 Å². The first-order valence-corrected chi connectivity index (χ1v) is 9.29. The lowest BCUT2D eigenvalue weighted by molar-refractivity contribution is 0.0969. The summed E-state index contributed by atoms with van der Waals surface area (Å²) in [6, 6.07) is 16.3. The van der Waals surface area contributed by atoms with E-state index in [1.54, 1.807) is 56.3 Å². The minimum absolute atomic E-state index is 0.0722. The highest BCUT2D eigenvalue weighted by molar-refractivity contribution is 6.07. The van der Waals surface area contributed by atoms with E-state index < -0.39 is 11.4 Å². The molecule has 3 aromatic rings. The fraction of sp³-hybridized carbons (Fsp3) is 0.174. The number of carbonyl (C=O) groups excluding carboxylic acids is 2. The number of hydrogen-bond donors (Lipinski definition) is 1. The Morgan fingerprint density at radius 1 is 1.07 bits per heavy atom. The molecule has 0 saturated carbocycles. The molecule has 2 aromatic carbocycles. The molecule has 30 heavy (non-hydrogen) atoms. The van der Waals surface area contributed by atoms with E-state index in [2.05, 4.69) is 16.0 Å². The summed E-state index contributed by atoms with van der Waals surface area (Å²) in [6.07, 6.45) is 2.89. The Kier molecular flexibility index (Phi) is 5.61. The Hall–Kier alpha value is -4.05. The van der Waals surface area contributed by atoms with Crippen molar-refractivity contribution in [3.8, 4) is 17.3 Å². The second-order valence-corrected chi connectivity index (χ2v) is 7.29. The molecule has 7 nitrogen and oxygen atoms in total. The van der Waals surface area contributed by atoms with Crippen molar-refractivity contribution in [2.45, 2.75) is 26.3 Å². The first-order valence-electron chi connectivity index (χ1n) is 9.29. The lowest BCUT2D eigenvalue weighted by Gasteiger charge is -2.33. The van der Waals surface area contributed by atoms with Crippen molar-refractivity contribution in [3.63, 3.8) is 0 Å². The molecular formula is C23H21N5O2. The van der Waals surface area contributed by atoms with Crippen molar-refractivity contribution in [1.29, 1.82) is 5.26 Å². The number of aryl methyl sites for hydroxylation is 1. The van der Waals surface area contributed by atoms with Gasteiger partial charge in [0.25, 0.3) is 11.8 Å². The molecule has 0 bridgehead atoms. The average molecular weight is 399 g/mol. The number of hydrogen-bond acceptors (Lipinski definition) is 5. The van der Waals surface area contributed by atoms with Gasteiger partial charge in [0.15, 0.2) is 5.69 Å². The van der Waals surface area contributed by atoms with E-state index in [1.165, 1.54) is 17.3 Å². The van der Waals surface area contributed by atoms with Gasteiger partial charge in [-0.1, -0.05) is 24.3 Å². The van der Waals surface area contributed by atoms with Crippen LogP contribution in [0.1, 0.15) is 40.3 Å². The first kappa shape index (κ1) is 20.7. The standard InChI is InChI=1S/C23H21N5O2/c1-15-13-17(9-10-18(15)19-20(21(25)29)27-12-11-26-19)28(23(2,3)14-24)22(30)16-7-5-4-6-8-16/h4-13H,1-3H3,(H2,25,29). The van der Waals surface area contributed by atoms with Crippen LogP contribution in [0.4, 0.5) is 5.69 Å². The van der Waals surface area contributed by atoms with E-state index >= 15 is 0 Å². The van der Waals surface area contributed by atoms with Crippen LogP contribution in [-0.4, -0.2) is 27.3 Å². The number of nitrogens with two attached hydrogens (primary N) is 1. The van der Waals surface area contributed by atoms with Gasteiger partial charge in [-0.05, 0) is 50.6 Å². The lowest BCUT2D eigenvalue weighted by atomic mass is 9.98. The summed E-state index contributed by atoms with van der Waals surface area (Å²) in [5.41, 5.74) is 7.24. The molecule has 2 N–H and O–H groups in total. The van der Waals surface area contributed by atoms with Crippen LogP contribution >= 0.6 is 0 Å². The predicted molar refractivity (Wildman–Crippen MR) is 114 cm³/mol. The fourth-order valence-corrected chi connectivity index (χ4v) is 3.22. The topological polar surface area (TPSA) is 113 Å². The highest BCUT2D eigenvalue weighted by Gasteiger charge is 2.33. The van der Waals surface area contributed by atoms with E-state index in [1.807, 2.05) is 13.0 Å². The van der Waals surface area contributed by atoms with Crippen molar-refractivity contribution >= 4 is 17.5 Å². The van der Waals surface area contributed by atoms with Gasteiger partial charge >= 0.3 is 0 Å². The number of primary amides is 1. The van der Waals surface area contributed by atoms with Gasteiger partial charge < -0.3 is 5.73 Å². The summed E-state index contributed by atoms with van der Waals surface area (Å²) < 4.78 is 0. The Balaban J connectivity index is 2.12. The summed E-state index contributed by atoms with van der Waals surface area (Å²) in [7, 11) is 0. The summed E-state index contributed by atoms with van der Waals surface area (Å²) in [5, 5.41) is 9.71. The van der Waals surface area contributed by atoms with Crippen LogP contribution < -0.4 is 10.6 Å².